The van der Waals surface area contributed by atoms with Gasteiger partial charge in [0.05, 0.1) is 5.56 Å². The molecule has 1 fully saturated rings. The van der Waals surface area contributed by atoms with Crippen LogP contribution in [0.15, 0.2) is 30.5 Å². The van der Waals surface area contributed by atoms with Gasteiger partial charge in [0.2, 0.25) is 0 Å². The van der Waals surface area contributed by atoms with Crippen molar-refractivity contribution in [3.05, 3.63) is 36.0 Å². The fourth-order valence-corrected chi connectivity index (χ4v) is 4.23. The van der Waals surface area contributed by atoms with E-state index >= 15 is 0 Å². The van der Waals surface area contributed by atoms with Crippen LogP contribution in [-0.4, -0.2) is 51.8 Å². The Bertz CT molecular complexity index is 870. The minimum Gasteiger partial charge on any atom is -0.480 e. The number of nitrogens with zero attached hydrogens (tertiary/aromatic N) is 1. The number of rotatable bonds is 9. The second kappa shape index (κ2) is 9.69. The zero-order valence-corrected chi connectivity index (χ0v) is 16.6. The maximum absolute atomic E-state index is 13.2. The molecule has 1 aromatic heterocycles. The minimum absolute atomic E-state index is 0.225. The Morgan fingerprint density at radius 3 is 2.59 bits per heavy atom. The van der Waals surface area contributed by atoms with Gasteiger partial charge in [0, 0.05) is 23.6 Å². The number of carboxylic acid groups (broad SMARTS) is 1. The lowest BCUT2D eigenvalue weighted by atomic mass is 9.88. The molecule has 1 aliphatic carbocycles. The molecule has 0 unspecified atom stereocenters. The summed E-state index contributed by atoms with van der Waals surface area (Å²) in [6.45, 7) is 0.639. The van der Waals surface area contributed by atoms with E-state index in [0.29, 0.717) is 24.9 Å². The van der Waals surface area contributed by atoms with Crippen molar-refractivity contribution in [2.75, 3.05) is 13.1 Å². The number of aromatic amines is 1. The average molecular weight is 399 g/mol. The first-order valence-corrected chi connectivity index (χ1v) is 10.4. The zero-order chi connectivity index (χ0) is 20.8. The number of fused-ring (bicyclic) bond motifs is 1. The molecule has 1 aliphatic rings. The largest absolute Gasteiger partial charge is 0.480 e. The summed E-state index contributed by atoms with van der Waals surface area (Å²) in [5, 5.41) is 10.4. The van der Waals surface area contributed by atoms with Gasteiger partial charge in [-0.15, -0.1) is 0 Å². The number of nitrogens with one attached hydrogen (secondary N) is 1. The molecule has 7 heteroatoms. The third kappa shape index (κ3) is 4.85. The van der Waals surface area contributed by atoms with Gasteiger partial charge in [0.25, 0.3) is 11.7 Å². The van der Waals surface area contributed by atoms with Gasteiger partial charge < -0.3 is 20.7 Å². The van der Waals surface area contributed by atoms with Crippen molar-refractivity contribution in [2.24, 2.45) is 11.7 Å². The molecular weight excluding hydrogens is 370 g/mol. The number of benzene rings is 1. The predicted molar refractivity (Wildman–Crippen MR) is 111 cm³/mol. The number of para-hydroxylation sites is 1. The third-order valence-electron chi connectivity index (χ3n) is 5.81. The Kier molecular flexibility index (Phi) is 7.04. The molecule has 29 heavy (non-hydrogen) atoms. The number of aromatic nitrogens is 1. The van der Waals surface area contributed by atoms with Crippen LogP contribution in [0.4, 0.5) is 0 Å². The van der Waals surface area contributed by atoms with Crippen molar-refractivity contribution in [1.82, 2.24) is 9.88 Å². The van der Waals surface area contributed by atoms with Crippen molar-refractivity contribution in [3.8, 4) is 0 Å². The molecule has 2 aromatic rings. The average Bonchev–Trinajstić information content (AvgIpc) is 3.17. The Labute approximate surface area is 170 Å². The maximum atomic E-state index is 13.2. The summed E-state index contributed by atoms with van der Waals surface area (Å²) < 4.78 is 0. The van der Waals surface area contributed by atoms with Crippen molar-refractivity contribution in [1.29, 1.82) is 0 Å². The third-order valence-corrected chi connectivity index (χ3v) is 5.81. The highest BCUT2D eigenvalue weighted by molar-refractivity contribution is 6.45. The van der Waals surface area contributed by atoms with E-state index in [9.17, 15) is 19.5 Å². The van der Waals surface area contributed by atoms with Crippen LogP contribution in [0.3, 0.4) is 0 Å². The summed E-state index contributed by atoms with van der Waals surface area (Å²) >= 11 is 0. The van der Waals surface area contributed by atoms with Gasteiger partial charge in [-0.2, -0.15) is 0 Å². The first-order chi connectivity index (χ1) is 14.0. The quantitative estimate of drug-likeness (QED) is 0.443. The maximum Gasteiger partial charge on any atom is 0.326 e. The fraction of sp³-hybridized carbons (Fsp3) is 0.500. The van der Waals surface area contributed by atoms with E-state index in [2.05, 4.69) is 4.98 Å². The van der Waals surface area contributed by atoms with Gasteiger partial charge in [-0.05, 0) is 44.2 Å². The molecule has 0 spiro atoms. The summed E-state index contributed by atoms with van der Waals surface area (Å²) in [7, 11) is 0. The van der Waals surface area contributed by atoms with Gasteiger partial charge in [-0.3, -0.25) is 9.59 Å². The molecule has 1 amide bonds. The number of H-pyrrole nitrogens is 1. The van der Waals surface area contributed by atoms with E-state index < -0.39 is 23.7 Å². The Balaban J connectivity index is 1.89. The molecule has 1 heterocycles. The fourth-order valence-electron chi connectivity index (χ4n) is 4.23. The van der Waals surface area contributed by atoms with Crippen molar-refractivity contribution in [3.63, 3.8) is 0 Å². The van der Waals surface area contributed by atoms with Gasteiger partial charge in [0.1, 0.15) is 6.04 Å². The smallest absolute Gasteiger partial charge is 0.326 e. The molecule has 0 saturated heterocycles. The number of carboxylic acids is 1. The second-order valence-corrected chi connectivity index (χ2v) is 7.82. The van der Waals surface area contributed by atoms with Crippen LogP contribution in [0.5, 0.6) is 0 Å². The molecule has 1 aromatic carbocycles. The van der Waals surface area contributed by atoms with Crippen LogP contribution in [0.25, 0.3) is 10.9 Å². The number of Topliss-reactive ketones (excluding diaryl/α,β-unsaturated/α-hetero) is 1. The van der Waals surface area contributed by atoms with Crippen LogP contribution < -0.4 is 5.73 Å². The van der Waals surface area contributed by atoms with Gasteiger partial charge in [-0.1, -0.05) is 37.5 Å². The van der Waals surface area contributed by atoms with E-state index in [0.717, 1.165) is 37.6 Å². The normalized spacial score (nSPS) is 15.9. The summed E-state index contributed by atoms with van der Waals surface area (Å²) in [4.78, 5) is 42.6. The van der Waals surface area contributed by atoms with E-state index in [1.165, 1.54) is 11.1 Å². The van der Waals surface area contributed by atoms with Crippen LogP contribution >= 0.6 is 0 Å². The number of hydrogen-bond donors (Lipinski definition) is 3. The molecular formula is C22H29N3O4. The number of aliphatic carboxylic acids is 1. The van der Waals surface area contributed by atoms with E-state index in [1.54, 1.807) is 12.1 Å². The lowest BCUT2D eigenvalue weighted by Crippen LogP contribution is -2.50. The Morgan fingerprint density at radius 2 is 1.90 bits per heavy atom. The molecule has 3 rings (SSSR count). The molecule has 0 radical (unpaired) electrons. The van der Waals surface area contributed by atoms with Gasteiger partial charge in [0.15, 0.2) is 0 Å². The number of nitrogens with two attached hydrogens (primary N) is 1. The van der Waals surface area contributed by atoms with Crippen molar-refractivity contribution >= 4 is 28.6 Å². The Hall–Kier alpha value is -2.67. The number of amides is 1. The lowest BCUT2D eigenvalue weighted by molar-refractivity contribution is -0.149. The minimum atomic E-state index is -1.09. The summed E-state index contributed by atoms with van der Waals surface area (Å²) in [6.07, 6.45) is 7.46. The molecule has 0 bridgehead atoms. The van der Waals surface area contributed by atoms with E-state index in [4.69, 9.17) is 5.73 Å². The van der Waals surface area contributed by atoms with Crippen molar-refractivity contribution in [2.45, 2.75) is 51.0 Å². The highest BCUT2D eigenvalue weighted by atomic mass is 16.4. The number of ketones is 1. The van der Waals surface area contributed by atoms with Gasteiger partial charge >= 0.3 is 5.97 Å². The number of hydrogen-bond acceptors (Lipinski definition) is 4. The van der Waals surface area contributed by atoms with E-state index in [-0.39, 0.29) is 17.9 Å². The topological polar surface area (TPSA) is 116 Å². The number of carbonyl (C=O) groups is 3. The summed E-state index contributed by atoms with van der Waals surface area (Å²) in [5.74, 6) is -2.28. The number of carbonyl (C=O) groups excluding carboxylic acids is 2. The molecule has 4 N–H and O–H groups in total. The molecule has 0 aliphatic heterocycles. The standard InChI is InChI=1S/C22H29N3O4/c23-12-6-11-19(22(28)29)25(14-15-7-2-1-3-8-15)21(27)20(26)17-13-24-18-10-5-4-9-16(17)18/h4-5,9-10,13,15,19,24H,1-3,6-8,11-12,14,23H2,(H,28,29)/t19-/m0/s1. The molecule has 156 valence electrons. The van der Waals surface area contributed by atoms with Crippen molar-refractivity contribution < 1.29 is 19.5 Å². The predicted octanol–water partition coefficient (Wildman–Crippen LogP) is 2.95. The highest BCUT2D eigenvalue weighted by Gasteiger charge is 2.35. The summed E-state index contributed by atoms with van der Waals surface area (Å²) in [5.41, 5.74) is 6.61. The first-order valence-electron chi connectivity index (χ1n) is 10.4. The molecule has 7 nitrogen and oxygen atoms in total. The highest BCUT2D eigenvalue weighted by Crippen LogP contribution is 2.27. The summed E-state index contributed by atoms with van der Waals surface area (Å²) in [6, 6.07) is 6.22. The zero-order valence-electron chi connectivity index (χ0n) is 16.6. The SMILES string of the molecule is NCCC[C@@H](C(=O)O)N(CC1CCCCC1)C(=O)C(=O)c1c[nH]c2ccccc12. The molecule has 1 atom stereocenters. The van der Waals surface area contributed by atoms with Crippen LogP contribution in [-0.2, 0) is 9.59 Å². The Morgan fingerprint density at radius 1 is 1.17 bits per heavy atom. The van der Waals surface area contributed by atoms with E-state index in [1.807, 2.05) is 12.1 Å². The second-order valence-electron chi connectivity index (χ2n) is 7.82. The first kappa shape index (κ1) is 21.0. The monoisotopic (exact) mass is 399 g/mol. The van der Waals surface area contributed by atoms with Crippen LogP contribution in [0.1, 0.15) is 55.3 Å². The van der Waals surface area contributed by atoms with Gasteiger partial charge in [-0.25, -0.2) is 4.79 Å². The van der Waals surface area contributed by atoms with Crippen LogP contribution in [0.2, 0.25) is 0 Å². The molecule has 1 saturated carbocycles. The lowest BCUT2D eigenvalue weighted by Gasteiger charge is -2.33. The van der Waals surface area contributed by atoms with Crippen LogP contribution in [0, 0.1) is 5.92 Å².